The van der Waals surface area contributed by atoms with Crippen LogP contribution in [0.3, 0.4) is 0 Å². The predicted molar refractivity (Wildman–Crippen MR) is 83.8 cm³/mol. The van der Waals surface area contributed by atoms with Crippen LogP contribution in [0.1, 0.15) is 32.0 Å². The second-order valence-electron chi connectivity index (χ2n) is 4.92. The fraction of sp³-hybridized carbons (Fsp3) is 0.500. The number of aryl methyl sites for hydroxylation is 2. The molecule has 0 saturated heterocycles. The highest BCUT2D eigenvalue weighted by molar-refractivity contribution is 7.99. The summed E-state index contributed by atoms with van der Waals surface area (Å²) in [5.41, 5.74) is 2.74. The van der Waals surface area contributed by atoms with Gasteiger partial charge in [-0.25, -0.2) is 4.98 Å². The highest BCUT2D eigenvalue weighted by Gasteiger charge is 2.22. The average molecular weight is 308 g/mol. The predicted octanol–water partition coefficient (Wildman–Crippen LogP) is 2.65. The molecule has 114 valence electrons. The summed E-state index contributed by atoms with van der Waals surface area (Å²) in [6.45, 7) is 7.90. The summed E-state index contributed by atoms with van der Waals surface area (Å²) in [6.07, 6.45) is 3.45. The number of hydrogen-bond donors (Lipinski definition) is 1. The van der Waals surface area contributed by atoms with Crippen molar-refractivity contribution >= 4 is 28.9 Å². The first-order valence-corrected chi connectivity index (χ1v) is 7.87. The fourth-order valence-electron chi connectivity index (χ4n) is 2.39. The van der Waals surface area contributed by atoms with E-state index in [9.17, 15) is 4.79 Å². The largest absolute Gasteiger partial charge is 0.481 e. The molecule has 0 aromatic carbocycles. The van der Waals surface area contributed by atoms with Crippen LogP contribution >= 0.6 is 11.8 Å². The third-order valence-electron chi connectivity index (χ3n) is 3.31. The van der Waals surface area contributed by atoms with Crippen LogP contribution in [-0.4, -0.2) is 36.2 Å². The number of carboxylic acid groups (broad SMARTS) is 1. The molecule has 2 aromatic rings. The van der Waals surface area contributed by atoms with E-state index < -0.39 is 5.97 Å². The van der Waals surface area contributed by atoms with Gasteiger partial charge in [-0.15, -0.1) is 6.58 Å². The van der Waals surface area contributed by atoms with Crippen molar-refractivity contribution in [1.29, 1.82) is 0 Å². The van der Waals surface area contributed by atoms with Gasteiger partial charge < -0.3 is 9.67 Å². The topological polar surface area (TPSA) is 72.9 Å². The van der Waals surface area contributed by atoms with Crippen LogP contribution in [0.15, 0.2) is 17.8 Å². The number of carbonyl (C=O) groups is 1. The smallest absolute Gasteiger partial charge is 0.313 e. The zero-order chi connectivity index (χ0) is 15.6. The van der Waals surface area contributed by atoms with E-state index in [1.165, 1.54) is 11.8 Å². The van der Waals surface area contributed by atoms with Crippen LogP contribution in [0.25, 0.3) is 11.2 Å². The molecule has 1 unspecified atom stereocenters. The number of imidazole rings is 1. The van der Waals surface area contributed by atoms with Crippen LogP contribution in [0.4, 0.5) is 0 Å². The van der Waals surface area contributed by atoms with Crippen molar-refractivity contribution in [3.8, 4) is 0 Å². The van der Waals surface area contributed by atoms with Gasteiger partial charge in [0.05, 0.1) is 11.4 Å². The normalized spacial score (nSPS) is 12.7. The number of carboxylic acids is 1. The van der Waals surface area contributed by atoms with E-state index in [-0.39, 0.29) is 11.8 Å². The van der Waals surface area contributed by atoms with E-state index in [2.05, 4.69) is 28.2 Å². The van der Waals surface area contributed by atoms with Crippen LogP contribution in [0, 0.1) is 0 Å². The van der Waals surface area contributed by atoms with Crippen LogP contribution in [0.2, 0.25) is 0 Å². The number of hydrogen-bond acceptors (Lipinski definition) is 4. The van der Waals surface area contributed by atoms with Crippen molar-refractivity contribution < 1.29 is 9.90 Å². The molecule has 2 rings (SSSR count). The SMILES string of the molecule is C=CCC(C)n1c(SCC(=O)O)nc2c(CC)nn(C)c21. The maximum atomic E-state index is 10.8. The second-order valence-corrected chi connectivity index (χ2v) is 5.86. The molecule has 0 radical (unpaired) electrons. The summed E-state index contributed by atoms with van der Waals surface area (Å²) in [4.78, 5) is 15.5. The van der Waals surface area contributed by atoms with Gasteiger partial charge in [0, 0.05) is 13.1 Å². The Kier molecular flexibility index (Phi) is 4.72. The molecular weight excluding hydrogens is 288 g/mol. The number of rotatable bonds is 7. The van der Waals surface area contributed by atoms with Crippen molar-refractivity contribution in [2.75, 3.05) is 5.75 Å². The first-order chi connectivity index (χ1) is 9.99. The van der Waals surface area contributed by atoms with E-state index in [0.717, 1.165) is 34.9 Å². The molecule has 0 amide bonds. The molecule has 7 heteroatoms. The van der Waals surface area contributed by atoms with Crippen LogP contribution in [-0.2, 0) is 18.3 Å². The molecule has 2 aromatic heterocycles. The number of thioether (sulfide) groups is 1. The van der Waals surface area contributed by atoms with E-state index in [1.807, 2.05) is 24.7 Å². The summed E-state index contributed by atoms with van der Waals surface area (Å²) < 4.78 is 3.89. The first kappa shape index (κ1) is 15.6. The van der Waals surface area contributed by atoms with E-state index in [1.54, 1.807) is 0 Å². The Bertz CT molecular complexity index is 674. The highest BCUT2D eigenvalue weighted by atomic mass is 32.2. The third-order valence-corrected chi connectivity index (χ3v) is 4.25. The molecule has 1 atom stereocenters. The Morgan fingerprint density at radius 1 is 1.57 bits per heavy atom. The zero-order valence-corrected chi connectivity index (χ0v) is 13.4. The summed E-state index contributed by atoms with van der Waals surface area (Å²) in [5.74, 6) is -0.845. The lowest BCUT2D eigenvalue weighted by atomic mass is 10.2. The number of allylic oxidation sites excluding steroid dienone is 1. The van der Waals surface area contributed by atoms with Crippen molar-refractivity contribution in [2.24, 2.45) is 7.05 Å². The van der Waals surface area contributed by atoms with Gasteiger partial charge in [-0.2, -0.15) is 5.10 Å². The molecule has 0 bridgehead atoms. The Balaban J connectivity index is 2.56. The monoisotopic (exact) mass is 308 g/mol. The van der Waals surface area contributed by atoms with Gasteiger partial charge in [-0.3, -0.25) is 9.48 Å². The van der Waals surface area contributed by atoms with Crippen molar-refractivity contribution in [3.05, 3.63) is 18.3 Å². The van der Waals surface area contributed by atoms with E-state index >= 15 is 0 Å². The van der Waals surface area contributed by atoms with Gasteiger partial charge in [0.15, 0.2) is 10.8 Å². The van der Waals surface area contributed by atoms with Gasteiger partial charge in [0.1, 0.15) is 5.52 Å². The van der Waals surface area contributed by atoms with Gasteiger partial charge in [-0.1, -0.05) is 24.8 Å². The summed E-state index contributed by atoms with van der Waals surface area (Å²) in [5, 5.41) is 14.1. The molecule has 0 fully saturated rings. The maximum Gasteiger partial charge on any atom is 0.313 e. The maximum absolute atomic E-state index is 10.8. The third kappa shape index (κ3) is 2.97. The lowest BCUT2D eigenvalue weighted by molar-refractivity contribution is -0.133. The lowest BCUT2D eigenvalue weighted by Gasteiger charge is -2.15. The standard InChI is InChI=1S/C14H20N4O2S/c1-5-7-9(3)18-13-12(10(6-2)16-17(13)4)15-14(18)21-8-11(19)20/h5,9H,1,6-8H2,2-4H3,(H,19,20). The minimum Gasteiger partial charge on any atom is -0.481 e. The molecule has 21 heavy (non-hydrogen) atoms. The summed E-state index contributed by atoms with van der Waals surface area (Å²) in [6, 6.07) is 0.156. The molecule has 0 spiro atoms. The van der Waals surface area contributed by atoms with Crippen LogP contribution in [0.5, 0.6) is 0 Å². The van der Waals surface area contributed by atoms with Gasteiger partial charge in [0.25, 0.3) is 0 Å². The van der Waals surface area contributed by atoms with Gasteiger partial charge in [0.2, 0.25) is 0 Å². The van der Waals surface area contributed by atoms with E-state index in [0.29, 0.717) is 0 Å². The molecule has 2 heterocycles. The van der Waals surface area contributed by atoms with Gasteiger partial charge in [-0.05, 0) is 19.8 Å². The second kappa shape index (κ2) is 6.34. The highest BCUT2D eigenvalue weighted by Crippen LogP contribution is 2.30. The molecule has 0 aliphatic rings. The van der Waals surface area contributed by atoms with Crippen molar-refractivity contribution in [2.45, 2.75) is 37.9 Å². The summed E-state index contributed by atoms with van der Waals surface area (Å²) in [7, 11) is 1.89. The van der Waals surface area contributed by atoms with Crippen molar-refractivity contribution in [3.63, 3.8) is 0 Å². The Morgan fingerprint density at radius 2 is 2.29 bits per heavy atom. The molecule has 0 aliphatic heterocycles. The van der Waals surface area contributed by atoms with Crippen LogP contribution < -0.4 is 0 Å². The quantitative estimate of drug-likeness (QED) is 0.629. The summed E-state index contributed by atoms with van der Waals surface area (Å²) >= 11 is 1.24. The Hall–Kier alpha value is -1.76. The number of aromatic nitrogens is 4. The van der Waals surface area contributed by atoms with Gasteiger partial charge >= 0.3 is 5.97 Å². The Morgan fingerprint density at radius 3 is 2.86 bits per heavy atom. The fourth-order valence-corrected chi connectivity index (χ4v) is 3.21. The van der Waals surface area contributed by atoms with E-state index in [4.69, 9.17) is 5.11 Å². The molecule has 0 saturated carbocycles. The van der Waals surface area contributed by atoms with Crippen molar-refractivity contribution in [1.82, 2.24) is 19.3 Å². The number of fused-ring (bicyclic) bond motifs is 1. The number of nitrogens with zero attached hydrogens (tertiary/aromatic N) is 4. The molecule has 6 nitrogen and oxygen atoms in total. The first-order valence-electron chi connectivity index (χ1n) is 6.88. The minimum atomic E-state index is -0.844. The average Bonchev–Trinajstić information content (AvgIpc) is 2.94. The Labute approximate surface area is 127 Å². The molecular formula is C14H20N4O2S. The lowest BCUT2D eigenvalue weighted by Crippen LogP contribution is -2.10. The molecule has 1 N–H and O–H groups in total. The zero-order valence-electron chi connectivity index (χ0n) is 12.5. The minimum absolute atomic E-state index is 0.000974. The molecule has 0 aliphatic carbocycles. The number of aliphatic carboxylic acids is 1.